The van der Waals surface area contributed by atoms with Crippen LogP contribution >= 0.6 is 27.3 Å². The number of hydrogen-bond donors (Lipinski definition) is 0. The SMILES string of the molecule is COC(=O)c1cnc(-c2cc(C)c(Br)c(C)c2)s1. The third kappa shape index (κ3) is 2.47. The van der Waals surface area contributed by atoms with Gasteiger partial charge in [-0.2, -0.15) is 0 Å². The highest BCUT2D eigenvalue weighted by Gasteiger charge is 2.13. The van der Waals surface area contributed by atoms with Crippen LogP contribution in [0.15, 0.2) is 22.8 Å². The summed E-state index contributed by atoms with van der Waals surface area (Å²) in [6, 6.07) is 4.11. The van der Waals surface area contributed by atoms with E-state index in [1.807, 2.05) is 13.8 Å². The van der Waals surface area contributed by atoms with Gasteiger partial charge in [-0.3, -0.25) is 0 Å². The zero-order valence-electron chi connectivity index (χ0n) is 10.3. The first kappa shape index (κ1) is 13.2. The Kier molecular flexibility index (Phi) is 3.82. The van der Waals surface area contributed by atoms with E-state index in [0.29, 0.717) is 4.88 Å². The fraction of sp³-hybridized carbons (Fsp3) is 0.231. The Morgan fingerprint density at radius 1 is 1.33 bits per heavy atom. The molecule has 0 spiro atoms. The molecule has 2 rings (SSSR count). The molecule has 0 fully saturated rings. The van der Waals surface area contributed by atoms with Crippen molar-refractivity contribution in [2.45, 2.75) is 13.8 Å². The van der Waals surface area contributed by atoms with Crippen LogP contribution in [0, 0.1) is 13.8 Å². The molecule has 0 aliphatic heterocycles. The molecule has 2 aromatic rings. The Morgan fingerprint density at radius 3 is 2.50 bits per heavy atom. The first-order valence-electron chi connectivity index (χ1n) is 5.34. The van der Waals surface area contributed by atoms with Crippen molar-refractivity contribution in [3.63, 3.8) is 0 Å². The second kappa shape index (κ2) is 5.20. The van der Waals surface area contributed by atoms with Crippen LogP contribution in [0.1, 0.15) is 20.8 Å². The van der Waals surface area contributed by atoms with Gasteiger partial charge in [0, 0.05) is 10.0 Å². The minimum Gasteiger partial charge on any atom is -0.465 e. The summed E-state index contributed by atoms with van der Waals surface area (Å²) in [6.45, 7) is 4.07. The number of aromatic nitrogens is 1. The lowest BCUT2D eigenvalue weighted by atomic mass is 10.1. The van der Waals surface area contributed by atoms with Gasteiger partial charge in [0.2, 0.25) is 0 Å². The summed E-state index contributed by atoms with van der Waals surface area (Å²) in [5, 5.41) is 0.828. The van der Waals surface area contributed by atoms with E-state index in [1.165, 1.54) is 18.4 Å². The number of aryl methyl sites for hydroxylation is 2. The highest BCUT2D eigenvalue weighted by molar-refractivity contribution is 9.10. The van der Waals surface area contributed by atoms with Crippen molar-refractivity contribution < 1.29 is 9.53 Å². The number of ether oxygens (including phenoxy) is 1. The smallest absolute Gasteiger partial charge is 0.349 e. The number of hydrogen-bond acceptors (Lipinski definition) is 4. The molecular weight excluding hydrogens is 314 g/mol. The van der Waals surface area contributed by atoms with Crippen LogP contribution in [-0.4, -0.2) is 18.1 Å². The maximum Gasteiger partial charge on any atom is 0.349 e. The van der Waals surface area contributed by atoms with Crippen molar-refractivity contribution in [1.29, 1.82) is 0 Å². The molecule has 1 aromatic heterocycles. The number of nitrogens with zero attached hydrogens (tertiary/aromatic N) is 1. The van der Waals surface area contributed by atoms with Crippen LogP contribution in [0.2, 0.25) is 0 Å². The summed E-state index contributed by atoms with van der Waals surface area (Å²) >= 11 is 4.88. The predicted octanol–water partition coefficient (Wildman–Crippen LogP) is 3.98. The van der Waals surface area contributed by atoms with Crippen molar-refractivity contribution in [3.8, 4) is 10.6 Å². The van der Waals surface area contributed by atoms with Crippen LogP contribution in [0.25, 0.3) is 10.6 Å². The van der Waals surface area contributed by atoms with E-state index < -0.39 is 0 Å². The minimum atomic E-state index is -0.343. The van der Waals surface area contributed by atoms with Crippen LogP contribution in [0.3, 0.4) is 0 Å². The molecule has 1 aromatic carbocycles. The first-order chi connectivity index (χ1) is 8.52. The van der Waals surface area contributed by atoms with Crippen molar-refractivity contribution in [3.05, 3.63) is 38.8 Å². The van der Waals surface area contributed by atoms with Gasteiger partial charge in [-0.15, -0.1) is 11.3 Å². The molecule has 0 amide bonds. The summed E-state index contributed by atoms with van der Waals surface area (Å²) in [5.41, 5.74) is 3.33. The molecule has 1 heterocycles. The summed E-state index contributed by atoms with van der Waals surface area (Å²) in [7, 11) is 1.37. The first-order valence-corrected chi connectivity index (χ1v) is 6.95. The van der Waals surface area contributed by atoms with Crippen molar-refractivity contribution in [2.24, 2.45) is 0 Å². The third-order valence-corrected chi connectivity index (χ3v) is 4.85. The Morgan fingerprint density at radius 2 is 1.94 bits per heavy atom. The number of methoxy groups -OCH3 is 1. The zero-order valence-corrected chi connectivity index (χ0v) is 12.7. The van der Waals surface area contributed by atoms with Gasteiger partial charge in [-0.25, -0.2) is 9.78 Å². The molecule has 0 saturated heterocycles. The van der Waals surface area contributed by atoms with E-state index in [9.17, 15) is 4.79 Å². The third-order valence-electron chi connectivity index (χ3n) is 2.58. The normalized spacial score (nSPS) is 10.4. The van der Waals surface area contributed by atoms with Crippen LogP contribution in [0.5, 0.6) is 0 Å². The van der Waals surface area contributed by atoms with Gasteiger partial charge < -0.3 is 4.74 Å². The molecule has 0 saturated carbocycles. The Hall–Kier alpha value is -1.20. The minimum absolute atomic E-state index is 0.343. The quantitative estimate of drug-likeness (QED) is 0.784. The van der Waals surface area contributed by atoms with Crippen LogP contribution in [-0.2, 0) is 4.74 Å². The zero-order chi connectivity index (χ0) is 13.3. The fourth-order valence-corrected chi connectivity index (χ4v) is 2.72. The highest BCUT2D eigenvalue weighted by Crippen LogP contribution is 2.31. The van der Waals surface area contributed by atoms with E-state index in [0.717, 1.165) is 26.2 Å². The topological polar surface area (TPSA) is 39.2 Å². The molecule has 0 radical (unpaired) electrons. The summed E-state index contributed by atoms with van der Waals surface area (Å²) < 4.78 is 5.78. The van der Waals surface area contributed by atoms with E-state index in [2.05, 4.69) is 37.8 Å². The monoisotopic (exact) mass is 325 g/mol. The van der Waals surface area contributed by atoms with Crippen molar-refractivity contribution >= 4 is 33.2 Å². The molecule has 0 atom stereocenters. The predicted molar refractivity (Wildman–Crippen MR) is 76.1 cm³/mol. The van der Waals surface area contributed by atoms with E-state index >= 15 is 0 Å². The van der Waals surface area contributed by atoms with Gasteiger partial charge in [0.15, 0.2) is 0 Å². The Bertz CT molecular complexity index is 584. The molecule has 0 aliphatic rings. The van der Waals surface area contributed by atoms with E-state index in [1.54, 1.807) is 6.20 Å². The number of carbonyl (C=O) groups excluding carboxylic acids is 1. The molecular formula is C13H12BrNO2S. The average molecular weight is 326 g/mol. The number of benzene rings is 1. The molecule has 3 nitrogen and oxygen atoms in total. The standard InChI is InChI=1S/C13H12BrNO2S/c1-7-4-9(5-8(2)11(7)14)12-15-6-10(18-12)13(16)17-3/h4-6H,1-3H3. The van der Waals surface area contributed by atoms with Crippen LogP contribution < -0.4 is 0 Å². The van der Waals surface area contributed by atoms with Gasteiger partial charge in [-0.05, 0) is 37.1 Å². The molecule has 0 unspecified atom stereocenters. The lowest BCUT2D eigenvalue weighted by Gasteiger charge is -2.05. The number of thiazole rings is 1. The van der Waals surface area contributed by atoms with E-state index in [-0.39, 0.29) is 5.97 Å². The lowest BCUT2D eigenvalue weighted by Crippen LogP contribution is -1.96. The maximum absolute atomic E-state index is 11.4. The van der Waals surface area contributed by atoms with Crippen LogP contribution in [0.4, 0.5) is 0 Å². The maximum atomic E-state index is 11.4. The van der Waals surface area contributed by atoms with Crippen molar-refractivity contribution in [1.82, 2.24) is 4.98 Å². The molecule has 5 heteroatoms. The molecule has 18 heavy (non-hydrogen) atoms. The van der Waals surface area contributed by atoms with Gasteiger partial charge in [0.05, 0.1) is 13.3 Å². The van der Waals surface area contributed by atoms with Gasteiger partial charge in [0.25, 0.3) is 0 Å². The molecule has 94 valence electrons. The van der Waals surface area contributed by atoms with Gasteiger partial charge in [-0.1, -0.05) is 15.9 Å². The van der Waals surface area contributed by atoms with E-state index in [4.69, 9.17) is 0 Å². The number of halogens is 1. The summed E-state index contributed by atoms with van der Waals surface area (Å²) in [4.78, 5) is 16.2. The molecule has 0 bridgehead atoms. The highest BCUT2D eigenvalue weighted by atomic mass is 79.9. The van der Waals surface area contributed by atoms with Gasteiger partial charge in [0.1, 0.15) is 9.88 Å². The second-order valence-corrected chi connectivity index (χ2v) is 5.77. The number of carbonyl (C=O) groups is 1. The van der Waals surface area contributed by atoms with Crippen molar-refractivity contribution in [2.75, 3.05) is 7.11 Å². The summed E-state index contributed by atoms with van der Waals surface area (Å²) in [5.74, 6) is -0.343. The largest absolute Gasteiger partial charge is 0.465 e. The summed E-state index contributed by atoms with van der Waals surface area (Å²) in [6.07, 6.45) is 1.55. The lowest BCUT2D eigenvalue weighted by molar-refractivity contribution is 0.0606. The average Bonchev–Trinajstić information content (AvgIpc) is 2.84. The number of esters is 1. The molecule has 0 N–H and O–H groups in total. The number of rotatable bonds is 2. The van der Waals surface area contributed by atoms with Gasteiger partial charge >= 0.3 is 5.97 Å². The fourth-order valence-electron chi connectivity index (χ4n) is 1.67. The second-order valence-electron chi connectivity index (χ2n) is 3.95. The molecule has 0 aliphatic carbocycles. The Labute approximate surface area is 118 Å². The Balaban J connectivity index is 2.43.